The Hall–Kier alpha value is -8.14. The Kier molecular flexibility index (Phi) is 177. The van der Waals surface area contributed by atoms with E-state index < -0.39 is 11.9 Å². The first-order chi connectivity index (χ1) is 54.8. The summed E-state index contributed by atoms with van der Waals surface area (Å²) in [5, 5.41) is 48.3. The number of nitrogens with two attached hydrogens (primary N) is 2. The molecule has 0 atom stereocenters. The lowest BCUT2D eigenvalue weighted by Crippen LogP contribution is -2.22. The van der Waals surface area contributed by atoms with Gasteiger partial charge in [0.1, 0.15) is 13.2 Å². The monoisotopic (exact) mass is 1750 g/mol. The second-order valence-corrected chi connectivity index (χ2v) is 22.6. The van der Waals surface area contributed by atoms with Gasteiger partial charge in [-0.1, -0.05) is 189 Å². The second-order valence-electron chi connectivity index (χ2n) is 21.6. The molecule has 0 aromatic heterocycles. The summed E-state index contributed by atoms with van der Waals surface area (Å²) in [5.74, 6) is 11.4. The van der Waals surface area contributed by atoms with Crippen molar-refractivity contribution in [1.29, 1.82) is 0 Å². The van der Waals surface area contributed by atoms with Gasteiger partial charge in [-0.3, -0.25) is 47.9 Å². The van der Waals surface area contributed by atoms with Crippen LogP contribution in [-0.2, 0) is 66.9 Å². The smallest absolute Gasteiger partial charge is 0.306 e. The van der Waals surface area contributed by atoms with E-state index in [0.717, 1.165) is 148 Å². The van der Waals surface area contributed by atoms with Crippen molar-refractivity contribution in [2.75, 3.05) is 123 Å². The summed E-state index contributed by atoms with van der Waals surface area (Å²) < 4.78 is 18.2. The van der Waals surface area contributed by atoms with E-state index in [1.807, 2.05) is 106 Å². The number of terminal acetylenes is 6. The molecule has 0 saturated carbocycles. The van der Waals surface area contributed by atoms with Crippen LogP contribution < -0.4 is 43.4 Å². The third kappa shape index (κ3) is 201. The summed E-state index contributed by atoms with van der Waals surface area (Å²) in [7, 11) is 3.94. The normalized spacial score (nSPS) is 8.89. The van der Waals surface area contributed by atoms with E-state index in [-0.39, 0.29) is 100.0 Å². The molecular weight excluding hydrogens is 1590 g/mol. The standard InChI is InChI=1S/C11H22N2OS.2C11H22N2O.C10H20N2O.4C7H10O2.2C3H6O2.2C3H4O.C2H6.CH3I/c1-15-10-6-7-11(14)13-9-5-3-2-4-8-12;2*1-3-8-11(14)13-10-7-5-4-6-9-12-2;1-2-7-10(13)12-9-6-4-3-5-8-11;4*1-3-5-7(8)9-6-4-2;2*1-2-3(4)5;2*1-2-3-4;2*1-2/h6-7H,2-5,8-10,12H2,1H3,(H,13,14);2*3,8,12H,4-7,9-10H2,1-2H3,(H,13,14);2,7H,3-6,8-9,11H2,1H3,(H,12,13);4*2H,3,5-6H2,1H3;2*2H2,1H3,(H,4,5);2*1,4H,3H2;1-2H3;1H3/b7-6+;2*8-3+;7-2+;;;;;;;;;;. The molecule has 114 heavy (non-hydrogen) atoms. The number of carboxylic acids is 2. The van der Waals surface area contributed by atoms with E-state index in [0.29, 0.717) is 25.7 Å². The number of carbonyl (C=O) groups excluding carboxylic acids is 8. The van der Waals surface area contributed by atoms with Gasteiger partial charge in [0.2, 0.25) is 23.6 Å². The van der Waals surface area contributed by atoms with Gasteiger partial charge in [-0.25, -0.2) is 0 Å². The van der Waals surface area contributed by atoms with Crippen LogP contribution in [0.5, 0.6) is 0 Å². The predicted octanol–water partition coefficient (Wildman–Crippen LogP) is 11.8. The van der Waals surface area contributed by atoms with Crippen molar-refractivity contribution < 1.29 is 87.3 Å². The summed E-state index contributed by atoms with van der Waals surface area (Å²) >= 11 is 3.85. The van der Waals surface area contributed by atoms with Crippen molar-refractivity contribution in [1.82, 2.24) is 31.9 Å². The van der Waals surface area contributed by atoms with Gasteiger partial charge in [-0.15, -0.1) is 38.5 Å². The highest BCUT2D eigenvalue weighted by molar-refractivity contribution is 14.1. The van der Waals surface area contributed by atoms with Crippen molar-refractivity contribution >= 4 is 93.8 Å². The van der Waals surface area contributed by atoms with Crippen molar-refractivity contribution in [2.24, 2.45) is 11.5 Å². The zero-order valence-electron chi connectivity index (χ0n) is 72.5. The maximum absolute atomic E-state index is 11.2. The van der Waals surface area contributed by atoms with E-state index in [4.69, 9.17) is 57.6 Å². The molecule has 0 spiro atoms. The van der Waals surface area contributed by atoms with Crippen molar-refractivity contribution in [3.8, 4) is 74.1 Å². The van der Waals surface area contributed by atoms with Gasteiger partial charge in [0.25, 0.3) is 0 Å². The van der Waals surface area contributed by atoms with Gasteiger partial charge in [0.15, 0.2) is 26.4 Å². The molecule has 14 N–H and O–H groups in total. The molecule has 0 aliphatic heterocycles. The number of rotatable bonds is 46. The molecule has 0 aromatic carbocycles. The molecule has 4 amide bonds. The molecule has 28 heteroatoms. The van der Waals surface area contributed by atoms with Gasteiger partial charge < -0.3 is 82.7 Å². The highest BCUT2D eigenvalue weighted by Gasteiger charge is 2.01. The third-order valence-corrected chi connectivity index (χ3v) is 12.0. The number of thioether (sulfide) groups is 1. The molecule has 0 aliphatic rings. The summed E-state index contributed by atoms with van der Waals surface area (Å²) in [6.07, 6.45) is 67.7. The largest absolute Gasteiger partial charge is 0.481 e. The number of amides is 4. The predicted molar refractivity (Wildman–Crippen MR) is 482 cm³/mol. The van der Waals surface area contributed by atoms with Crippen LogP contribution in [0.4, 0.5) is 0 Å². The van der Waals surface area contributed by atoms with Crippen LogP contribution in [0.15, 0.2) is 48.6 Å². The second kappa shape index (κ2) is 147. The fourth-order valence-corrected chi connectivity index (χ4v) is 6.48. The van der Waals surface area contributed by atoms with E-state index in [1.54, 1.807) is 68.1 Å². The topological polar surface area (TPSA) is 413 Å². The third-order valence-electron chi connectivity index (χ3n) is 11.5. The van der Waals surface area contributed by atoms with E-state index in [1.165, 1.54) is 38.5 Å². The Labute approximate surface area is 709 Å². The minimum Gasteiger partial charge on any atom is -0.481 e. The van der Waals surface area contributed by atoms with Gasteiger partial charge in [-0.2, -0.15) is 11.8 Å². The number of esters is 4. The van der Waals surface area contributed by atoms with Crippen LogP contribution >= 0.6 is 34.4 Å². The Balaban J connectivity index is -0.0000000809. The first kappa shape index (κ1) is 138. The zero-order chi connectivity index (χ0) is 90.4. The van der Waals surface area contributed by atoms with Crippen LogP contribution in [0.2, 0.25) is 0 Å². The number of nitrogens with one attached hydrogen (secondary N) is 6. The summed E-state index contributed by atoms with van der Waals surface area (Å²) in [6, 6.07) is 0. The number of ether oxygens (including phenoxy) is 4. The summed E-state index contributed by atoms with van der Waals surface area (Å²) in [4.78, 5) is 107. The van der Waals surface area contributed by atoms with E-state index in [2.05, 4.69) is 110 Å². The number of unbranched alkanes of at least 4 members (excludes halogenated alkanes) is 12. The molecule has 0 saturated heterocycles. The molecule has 26 nitrogen and oxygen atoms in total. The number of hydrogen-bond donors (Lipinski definition) is 12. The van der Waals surface area contributed by atoms with Crippen LogP contribution in [-0.4, -0.2) is 203 Å². The molecule has 660 valence electrons. The molecule has 0 rings (SSSR count). The van der Waals surface area contributed by atoms with Gasteiger partial charge in [0, 0.05) is 70.5 Å². The number of aliphatic hydroxyl groups excluding tert-OH is 2. The van der Waals surface area contributed by atoms with Crippen molar-refractivity contribution in [2.45, 2.75) is 243 Å². The van der Waals surface area contributed by atoms with E-state index >= 15 is 0 Å². The Bertz CT molecular complexity index is 2300. The van der Waals surface area contributed by atoms with Crippen LogP contribution in [0.1, 0.15) is 243 Å². The quantitative estimate of drug-likeness (QED) is 0.00512. The zero-order valence-corrected chi connectivity index (χ0v) is 75.5. The minimum atomic E-state index is -0.745. The first-order valence-electron chi connectivity index (χ1n) is 39.0. The number of alkyl halides is 1. The number of halogens is 1. The fourth-order valence-electron chi connectivity index (χ4n) is 6.19. The molecular formula is C86H155IN8O18S. The minimum absolute atomic E-state index is 0.00123. The fraction of sp³-hybridized carbons (Fsp3) is 0.651. The summed E-state index contributed by atoms with van der Waals surface area (Å²) in [6.45, 7) is 27.3. The Morgan fingerprint density at radius 1 is 0.386 bits per heavy atom. The lowest BCUT2D eigenvalue weighted by atomic mass is 10.2. The van der Waals surface area contributed by atoms with Crippen molar-refractivity contribution in [3.63, 3.8) is 0 Å². The van der Waals surface area contributed by atoms with Gasteiger partial charge in [0.05, 0.1) is 0 Å². The highest BCUT2D eigenvalue weighted by atomic mass is 127. The SMILES string of the molecule is C#CCO.C#CCO.C#CCOC(=O)CCC.C#CCOC(=O)CCC.C#CCOC(=O)CCC.C#CCOC(=O)CCC.C/C=C/C(=O)NCCCCCCN.C/C=C/C(=O)NCCCCCCNC.C/C=C/C(=O)NCCCCCCNC.CC.CCC(=O)O.CCC(=O)O.CI.CSC/C=C/C(=O)NCCCCCCN. The molecule has 0 heterocycles. The molecule has 0 aliphatic carbocycles. The van der Waals surface area contributed by atoms with Crippen LogP contribution in [0, 0.1) is 74.1 Å². The Morgan fingerprint density at radius 3 is 0.746 bits per heavy atom. The molecule has 0 unspecified atom stereocenters. The number of aliphatic carboxylic acids is 2. The number of aliphatic hydroxyl groups is 2. The van der Waals surface area contributed by atoms with E-state index in [9.17, 15) is 47.9 Å². The summed E-state index contributed by atoms with van der Waals surface area (Å²) in [5.41, 5.74) is 10.7. The lowest BCUT2D eigenvalue weighted by molar-refractivity contribution is -0.143. The van der Waals surface area contributed by atoms with Crippen molar-refractivity contribution in [3.05, 3.63) is 48.6 Å². The highest BCUT2D eigenvalue weighted by Crippen LogP contribution is 2.01. The lowest BCUT2D eigenvalue weighted by Gasteiger charge is -2.02. The maximum atomic E-state index is 11.2. The van der Waals surface area contributed by atoms with Crippen LogP contribution in [0.25, 0.3) is 0 Å². The average molecular weight is 1750 g/mol. The number of allylic oxidation sites excluding steroid dienone is 3. The maximum Gasteiger partial charge on any atom is 0.306 e. The Morgan fingerprint density at radius 2 is 0.588 bits per heavy atom. The molecule has 0 bridgehead atoms. The molecule has 0 fully saturated rings. The molecule has 0 aromatic rings. The van der Waals surface area contributed by atoms with Gasteiger partial charge >= 0.3 is 35.8 Å². The number of hydrogen-bond acceptors (Lipinski definition) is 21. The van der Waals surface area contributed by atoms with Crippen LogP contribution in [0.3, 0.4) is 0 Å². The first-order valence-corrected chi connectivity index (χ1v) is 42.5. The molecule has 0 radical (unpaired) electrons. The number of carbonyl (C=O) groups is 10. The van der Waals surface area contributed by atoms with Gasteiger partial charge in [-0.05, 0) is 174 Å². The average Bonchev–Trinajstić information content (AvgIpc) is 1.12. The number of carboxylic acid groups (broad SMARTS) is 2.